The Labute approximate surface area is 218 Å². The molecule has 0 aliphatic heterocycles. The number of nitrogens with two attached hydrogens (primary N) is 1. The van der Waals surface area contributed by atoms with E-state index in [0.717, 1.165) is 61.7 Å². The predicted octanol–water partition coefficient (Wildman–Crippen LogP) is 7.25. The van der Waals surface area contributed by atoms with Crippen LogP contribution in [0.4, 0.5) is 0 Å². The van der Waals surface area contributed by atoms with E-state index < -0.39 is 6.10 Å². The quantitative estimate of drug-likeness (QED) is 0.431. The lowest BCUT2D eigenvalue weighted by molar-refractivity contribution is -0.174. The summed E-state index contributed by atoms with van der Waals surface area (Å²) >= 11 is 0. The average Bonchev–Trinajstić information content (AvgIpc) is 2.83. The normalized spacial score (nSPS) is 40.2. The van der Waals surface area contributed by atoms with Gasteiger partial charge in [-0.2, -0.15) is 0 Å². The number of nitrogens with zero attached hydrogens (tertiary/aromatic N) is 1. The van der Waals surface area contributed by atoms with Crippen molar-refractivity contribution in [1.29, 1.82) is 0 Å². The van der Waals surface area contributed by atoms with Gasteiger partial charge in [0.2, 0.25) is 0 Å². The van der Waals surface area contributed by atoms with Crippen LogP contribution in [0.2, 0.25) is 0 Å². The number of hydrogen-bond donors (Lipinski definition) is 2. The molecule has 8 unspecified atom stereocenters. The third-order valence-corrected chi connectivity index (χ3v) is 10.9. The fraction of sp³-hybridized carbons (Fsp3) is 0.606. The molecule has 36 heavy (non-hydrogen) atoms. The largest absolute Gasteiger partial charge is 0.388 e. The van der Waals surface area contributed by atoms with Crippen molar-refractivity contribution in [2.75, 3.05) is 0 Å². The maximum absolute atomic E-state index is 12.3. The van der Waals surface area contributed by atoms with E-state index in [-0.39, 0.29) is 22.8 Å². The summed E-state index contributed by atoms with van der Waals surface area (Å²) in [5.41, 5.74) is 14.0. The van der Waals surface area contributed by atoms with Crippen LogP contribution in [-0.4, -0.2) is 22.2 Å². The Hall–Kier alpha value is -1.97. The van der Waals surface area contributed by atoms with E-state index in [2.05, 4.69) is 58.0 Å². The number of aliphatic hydroxyl groups is 1. The van der Waals surface area contributed by atoms with E-state index in [0.29, 0.717) is 17.8 Å². The van der Waals surface area contributed by atoms with Gasteiger partial charge in [0.15, 0.2) is 0 Å². The minimum absolute atomic E-state index is 0.00943. The van der Waals surface area contributed by atoms with Crippen molar-refractivity contribution in [2.24, 2.45) is 40.2 Å². The summed E-state index contributed by atoms with van der Waals surface area (Å²) < 4.78 is 0. The van der Waals surface area contributed by atoms with E-state index in [4.69, 9.17) is 5.73 Å². The zero-order chi connectivity index (χ0) is 25.8. The smallest absolute Gasteiger partial charge is 0.0834 e. The van der Waals surface area contributed by atoms with Gasteiger partial charge in [0.25, 0.3) is 0 Å². The molecule has 3 N–H and O–H groups in total. The van der Waals surface area contributed by atoms with Crippen LogP contribution in [0.1, 0.15) is 84.6 Å². The molecule has 1 heterocycles. The molecule has 2 fully saturated rings. The molecule has 4 aliphatic rings. The molecule has 1 aromatic rings. The topological polar surface area (TPSA) is 59.1 Å². The number of pyridine rings is 1. The Bertz CT molecular complexity index is 1100. The van der Waals surface area contributed by atoms with Crippen molar-refractivity contribution in [3.63, 3.8) is 0 Å². The maximum Gasteiger partial charge on any atom is 0.0834 e. The van der Waals surface area contributed by atoms with Crippen molar-refractivity contribution in [1.82, 2.24) is 4.98 Å². The SMILES string of the molecule is C=C(CCC)CC1CC2C(C)C(N)CCC2(C)C2C(O)C3=C(C=C(c4cccnc4)CC3=C)CC12C. The summed E-state index contributed by atoms with van der Waals surface area (Å²) in [5, 5.41) is 12.3. The van der Waals surface area contributed by atoms with Crippen LogP contribution in [0.25, 0.3) is 5.57 Å². The standard InChI is InChI=1S/C33H46N2O/c1-7-9-20(2)14-26-17-27-22(4)28(34)11-12-32(27,5)31-30(36)29-21(3)15-24(23-10-8-13-35-19-23)16-25(29)18-33(26,31)6/h8,10,13,16,19,22,26-28,30-31,36H,2-3,7,9,11-12,14-15,17-18,34H2,1,4-6H3. The van der Waals surface area contributed by atoms with Gasteiger partial charge in [-0.05, 0) is 107 Å². The lowest BCUT2D eigenvalue weighted by Gasteiger charge is -2.66. The zero-order valence-electron chi connectivity index (χ0n) is 22.9. The molecule has 0 spiro atoms. The molecule has 194 valence electrons. The van der Waals surface area contributed by atoms with Crippen LogP contribution in [0.3, 0.4) is 0 Å². The molecule has 1 aromatic heterocycles. The van der Waals surface area contributed by atoms with Gasteiger partial charge in [-0.1, -0.05) is 65.0 Å². The Kier molecular flexibility index (Phi) is 6.71. The molecule has 8 atom stereocenters. The number of aromatic nitrogens is 1. The summed E-state index contributed by atoms with van der Waals surface area (Å²) in [6, 6.07) is 4.40. The molecule has 3 nitrogen and oxygen atoms in total. The molecule has 0 radical (unpaired) electrons. The van der Waals surface area contributed by atoms with Crippen molar-refractivity contribution in [3.05, 3.63) is 71.6 Å². The van der Waals surface area contributed by atoms with Crippen LogP contribution < -0.4 is 5.73 Å². The van der Waals surface area contributed by atoms with Crippen molar-refractivity contribution in [2.45, 2.75) is 91.2 Å². The lowest BCUT2D eigenvalue weighted by Crippen LogP contribution is -2.63. The predicted molar refractivity (Wildman–Crippen MR) is 150 cm³/mol. The second-order valence-corrected chi connectivity index (χ2v) is 13.0. The Balaban J connectivity index is 1.61. The fourth-order valence-electron chi connectivity index (χ4n) is 9.13. The summed E-state index contributed by atoms with van der Waals surface area (Å²) in [6.07, 6.45) is 14.1. The van der Waals surface area contributed by atoms with E-state index >= 15 is 0 Å². The van der Waals surface area contributed by atoms with Gasteiger partial charge < -0.3 is 10.8 Å². The molecular formula is C33H46N2O. The maximum atomic E-state index is 12.3. The molecular weight excluding hydrogens is 440 g/mol. The molecule has 0 bridgehead atoms. The van der Waals surface area contributed by atoms with Crippen LogP contribution >= 0.6 is 0 Å². The lowest BCUT2D eigenvalue weighted by atomic mass is 9.39. The van der Waals surface area contributed by atoms with Crippen LogP contribution in [0, 0.1) is 34.5 Å². The summed E-state index contributed by atoms with van der Waals surface area (Å²) in [5.74, 6) is 1.72. The molecule has 0 amide bonds. The average molecular weight is 487 g/mol. The number of fused-ring (bicyclic) bond motifs is 3. The number of allylic oxidation sites excluding steroid dienone is 4. The van der Waals surface area contributed by atoms with E-state index in [9.17, 15) is 5.11 Å². The van der Waals surface area contributed by atoms with Crippen LogP contribution in [0.15, 0.2) is 66.1 Å². The third kappa shape index (κ3) is 3.98. The first-order valence-electron chi connectivity index (χ1n) is 14.2. The van der Waals surface area contributed by atoms with E-state index in [1.807, 2.05) is 18.5 Å². The van der Waals surface area contributed by atoms with Crippen LogP contribution in [0.5, 0.6) is 0 Å². The number of aliphatic hydroxyl groups excluding tert-OH is 1. The van der Waals surface area contributed by atoms with Crippen molar-refractivity contribution in [3.8, 4) is 0 Å². The Morgan fingerprint density at radius 3 is 2.75 bits per heavy atom. The number of rotatable bonds is 5. The van der Waals surface area contributed by atoms with E-state index in [1.165, 1.54) is 23.1 Å². The zero-order valence-corrected chi connectivity index (χ0v) is 22.9. The molecule has 2 saturated carbocycles. The minimum atomic E-state index is -0.478. The highest BCUT2D eigenvalue weighted by Gasteiger charge is 2.64. The Morgan fingerprint density at radius 1 is 1.28 bits per heavy atom. The monoisotopic (exact) mass is 486 g/mol. The molecule has 0 aromatic carbocycles. The van der Waals surface area contributed by atoms with Gasteiger partial charge in [-0.25, -0.2) is 0 Å². The van der Waals surface area contributed by atoms with Gasteiger partial charge in [-0.3, -0.25) is 4.98 Å². The van der Waals surface area contributed by atoms with E-state index in [1.54, 1.807) is 0 Å². The highest BCUT2D eigenvalue weighted by Crippen LogP contribution is 2.69. The van der Waals surface area contributed by atoms with Crippen LogP contribution in [-0.2, 0) is 0 Å². The van der Waals surface area contributed by atoms with Gasteiger partial charge in [-0.15, -0.1) is 0 Å². The van der Waals surface area contributed by atoms with Crippen molar-refractivity contribution < 1.29 is 5.11 Å². The minimum Gasteiger partial charge on any atom is -0.388 e. The summed E-state index contributed by atoms with van der Waals surface area (Å²) in [6.45, 7) is 18.6. The van der Waals surface area contributed by atoms with Gasteiger partial charge in [0, 0.05) is 24.4 Å². The molecule has 0 saturated heterocycles. The third-order valence-electron chi connectivity index (χ3n) is 10.9. The molecule has 3 heteroatoms. The van der Waals surface area contributed by atoms with Crippen molar-refractivity contribution >= 4 is 5.57 Å². The molecule has 4 aliphatic carbocycles. The Morgan fingerprint density at radius 2 is 2.06 bits per heavy atom. The van der Waals surface area contributed by atoms with Gasteiger partial charge in [0.05, 0.1) is 6.10 Å². The second-order valence-electron chi connectivity index (χ2n) is 13.0. The highest BCUT2D eigenvalue weighted by atomic mass is 16.3. The summed E-state index contributed by atoms with van der Waals surface area (Å²) in [4.78, 5) is 4.36. The highest BCUT2D eigenvalue weighted by molar-refractivity contribution is 5.75. The first-order valence-corrected chi connectivity index (χ1v) is 14.2. The first kappa shape index (κ1) is 25.7. The molecule has 5 rings (SSSR count). The van der Waals surface area contributed by atoms with Gasteiger partial charge in [0.1, 0.15) is 0 Å². The first-order chi connectivity index (χ1) is 17.1. The second kappa shape index (κ2) is 9.40. The fourth-order valence-corrected chi connectivity index (χ4v) is 9.13. The number of hydrogen-bond acceptors (Lipinski definition) is 3. The summed E-state index contributed by atoms with van der Waals surface area (Å²) in [7, 11) is 0. The van der Waals surface area contributed by atoms with Gasteiger partial charge >= 0.3 is 0 Å².